The molecule has 10 nitrogen and oxygen atoms in total. The summed E-state index contributed by atoms with van der Waals surface area (Å²) in [5, 5.41) is 2.36. The summed E-state index contributed by atoms with van der Waals surface area (Å²) in [5.74, 6) is -3.09. The molecule has 2 aromatic carbocycles. The lowest BCUT2D eigenvalue weighted by Gasteiger charge is -2.31. The van der Waals surface area contributed by atoms with E-state index in [4.69, 9.17) is 21.1 Å². The first kappa shape index (κ1) is 28.9. The van der Waals surface area contributed by atoms with Gasteiger partial charge in [-0.1, -0.05) is 17.7 Å². The number of benzene rings is 2. The van der Waals surface area contributed by atoms with Crippen molar-refractivity contribution in [1.82, 2.24) is 20.2 Å². The molecule has 0 radical (unpaired) electrons. The van der Waals surface area contributed by atoms with Crippen LogP contribution in [0.5, 0.6) is 5.75 Å². The van der Waals surface area contributed by atoms with Crippen LogP contribution in [0.3, 0.4) is 0 Å². The maximum atomic E-state index is 14.7. The van der Waals surface area contributed by atoms with E-state index in [-0.39, 0.29) is 59.1 Å². The number of rotatable bonds is 9. The Bertz CT molecular complexity index is 1490. The Morgan fingerprint density at radius 3 is 2.58 bits per heavy atom. The number of carbonyl (C=O) groups excluding carboxylic acids is 3. The van der Waals surface area contributed by atoms with Crippen LogP contribution >= 0.6 is 11.6 Å². The molecule has 1 aromatic heterocycles. The number of ether oxygens (including phenoxy) is 2. The molecular weight excluding hydrogens is 550 g/mol. The van der Waals surface area contributed by atoms with Gasteiger partial charge in [0.1, 0.15) is 11.2 Å². The van der Waals surface area contributed by atoms with Gasteiger partial charge in [0.25, 0.3) is 17.4 Å². The zero-order chi connectivity index (χ0) is 28.8. The van der Waals surface area contributed by atoms with Gasteiger partial charge >= 0.3 is 5.97 Å². The maximum Gasteiger partial charge on any atom is 0.303 e. The van der Waals surface area contributed by atoms with Gasteiger partial charge in [-0.15, -0.1) is 0 Å². The number of halogens is 3. The molecule has 2 heterocycles. The summed E-state index contributed by atoms with van der Waals surface area (Å²) < 4.78 is 38.4. The number of piperidine rings is 1. The zero-order valence-electron chi connectivity index (χ0n) is 21.6. The first-order valence-electron chi connectivity index (χ1n) is 12.6. The van der Waals surface area contributed by atoms with Crippen molar-refractivity contribution in [3.63, 3.8) is 0 Å². The highest BCUT2D eigenvalue weighted by atomic mass is 35.5. The molecule has 1 aliphatic rings. The third-order valence-corrected chi connectivity index (χ3v) is 6.86. The average Bonchev–Trinajstić information content (AvgIpc) is 2.93. The lowest BCUT2D eigenvalue weighted by Crippen LogP contribution is -2.40. The Kier molecular flexibility index (Phi) is 9.30. The van der Waals surface area contributed by atoms with E-state index in [0.717, 1.165) is 6.07 Å². The first-order valence-corrected chi connectivity index (χ1v) is 13.0. The highest BCUT2D eigenvalue weighted by Gasteiger charge is 2.24. The molecule has 1 aliphatic heterocycles. The standard InChI is InChI=1S/C27H27ClF2N4O6/c1-15(35)40-14-22(36)34-9-6-16(7-10-34)8-11-39-24-20(30)4-5-21-23(24)26(37)33-25(32-21)27(38)31-13-17-2-3-19(29)18(28)12-17/h2-5,12,16H,6-11,13-14H2,1H3,(H,31,38)(H,32,33,37). The largest absolute Gasteiger partial charge is 0.490 e. The summed E-state index contributed by atoms with van der Waals surface area (Å²) in [7, 11) is 0. The summed E-state index contributed by atoms with van der Waals surface area (Å²) in [6, 6.07) is 6.40. The monoisotopic (exact) mass is 576 g/mol. The van der Waals surface area contributed by atoms with Crippen LogP contribution in [-0.2, 0) is 20.9 Å². The van der Waals surface area contributed by atoms with Gasteiger partial charge in [0, 0.05) is 26.6 Å². The van der Waals surface area contributed by atoms with E-state index in [9.17, 15) is 28.0 Å². The van der Waals surface area contributed by atoms with E-state index in [1.807, 2.05) is 0 Å². The second-order valence-electron chi connectivity index (χ2n) is 9.36. The van der Waals surface area contributed by atoms with Gasteiger partial charge in [-0.2, -0.15) is 0 Å². The lowest BCUT2D eigenvalue weighted by atomic mass is 9.94. The second-order valence-corrected chi connectivity index (χ2v) is 9.77. The summed E-state index contributed by atoms with van der Waals surface area (Å²) in [6.45, 7) is 2.12. The molecule has 0 bridgehead atoms. The van der Waals surface area contributed by atoms with Crippen LogP contribution in [0.1, 0.15) is 42.4 Å². The molecule has 40 heavy (non-hydrogen) atoms. The van der Waals surface area contributed by atoms with Gasteiger partial charge < -0.3 is 24.7 Å². The fraction of sp³-hybridized carbons (Fsp3) is 0.370. The topological polar surface area (TPSA) is 131 Å². The molecule has 0 spiro atoms. The number of carbonyl (C=O) groups is 3. The van der Waals surface area contributed by atoms with E-state index >= 15 is 0 Å². The van der Waals surface area contributed by atoms with Crippen molar-refractivity contribution in [3.05, 3.63) is 68.7 Å². The molecule has 2 amide bonds. The minimum atomic E-state index is -0.742. The second kappa shape index (κ2) is 12.9. The number of nitrogens with zero attached hydrogens (tertiary/aromatic N) is 2. The zero-order valence-corrected chi connectivity index (χ0v) is 22.4. The number of aromatic nitrogens is 2. The van der Waals surface area contributed by atoms with Crippen molar-refractivity contribution < 1.29 is 32.6 Å². The van der Waals surface area contributed by atoms with Crippen LogP contribution in [0.4, 0.5) is 8.78 Å². The fourth-order valence-electron chi connectivity index (χ4n) is 4.40. The van der Waals surface area contributed by atoms with Crippen LogP contribution in [0.25, 0.3) is 10.9 Å². The van der Waals surface area contributed by atoms with Crippen molar-refractivity contribution >= 4 is 40.3 Å². The van der Waals surface area contributed by atoms with Crippen LogP contribution in [-0.4, -0.2) is 59.0 Å². The third kappa shape index (κ3) is 7.12. The number of likely N-dealkylation sites (tertiary alicyclic amines) is 1. The van der Waals surface area contributed by atoms with Crippen molar-refractivity contribution in [2.45, 2.75) is 32.7 Å². The summed E-state index contributed by atoms with van der Waals surface area (Å²) in [5.41, 5.74) is -0.122. The quantitative estimate of drug-likeness (QED) is 0.374. The molecule has 4 rings (SSSR count). The SMILES string of the molecule is CC(=O)OCC(=O)N1CCC(CCOc2c(F)ccc3nc(C(=O)NCc4ccc(F)c(Cl)c4)[nH]c(=O)c23)CC1. The van der Waals surface area contributed by atoms with E-state index in [1.165, 1.54) is 31.2 Å². The van der Waals surface area contributed by atoms with E-state index < -0.39 is 29.1 Å². The number of nitrogens with one attached hydrogen (secondary N) is 2. The minimum Gasteiger partial charge on any atom is -0.490 e. The number of hydrogen-bond donors (Lipinski definition) is 2. The molecule has 2 N–H and O–H groups in total. The average molecular weight is 577 g/mol. The predicted octanol–water partition coefficient (Wildman–Crippen LogP) is 3.36. The van der Waals surface area contributed by atoms with Crippen molar-refractivity contribution in [3.8, 4) is 5.75 Å². The van der Waals surface area contributed by atoms with E-state index in [0.29, 0.717) is 37.9 Å². The van der Waals surface area contributed by atoms with Crippen LogP contribution in [0, 0.1) is 17.6 Å². The Morgan fingerprint density at radius 2 is 1.88 bits per heavy atom. The molecule has 0 saturated carbocycles. The Balaban J connectivity index is 1.36. The van der Waals surface area contributed by atoms with Crippen molar-refractivity contribution in [2.24, 2.45) is 5.92 Å². The third-order valence-electron chi connectivity index (χ3n) is 6.57. The number of esters is 1. The number of fused-ring (bicyclic) bond motifs is 1. The summed E-state index contributed by atoms with van der Waals surface area (Å²) in [6.07, 6.45) is 1.98. The molecule has 13 heteroatoms. The number of hydrogen-bond acceptors (Lipinski definition) is 7. The molecule has 1 saturated heterocycles. The minimum absolute atomic E-state index is 0.0115. The van der Waals surface area contributed by atoms with Crippen molar-refractivity contribution in [1.29, 1.82) is 0 Å². The highest BCUT2D eigenvalue weighted by molar-refractivity contribution is 6.30. The van der Waals surface area contributed by atoms with Gasteiger partial charge in [-0.25, -0.2) is 13.8 Å². The summed E-state index contributed by atoms with van der Waals surface area (Å²) in [4.78, 5) is 56.6. The highest BCUT2D eigenvalue weighted by Crippen LogP contribution is 2.27. The molecule has 1 fully saturated rings. The van der Waals surface area contributed by atoms with Crippen LogP contribution in [0.15, 0.2) is 35.1 Å². The molecule has 0 unspecified atom stereocenters. The number of aromatic amines is 1. The van der Waals surface area contributed by atoms with Crippen molar-refractivity contribution in [2.75, 3.05) is 26.3 Å². The van der Waals surface area contributed by atoms with Gasteiger partial charge in [0.2, 0.25) is 0 Å². The van der Waals surface area contributed by atoms with Gasteiger partial charge in [-0.05, 0) is 55.0 Å². The normalized spacial score (nSPS) is 13.8. The Morgan fingerprint density at radius 1 is 1.15 bits per heavy atom. The Hall–Kier alpha value is -4.06. The lowest BCUT2D eigenvalue weighted by molar-refractivity contribution is -0.150. The first-order chi connectivity index (χ1) is 19.1. The van der Waals surface area contributed by atoms with Gasteiger partial charge in [-0.3, -0.25) is 19.2 Å². The van der Waals surface area contributed by atoms with E-state index in [2.05, 4.69) is 15.3 Å². The molecule has 3 aromatic rings. The molecule has 212 valence electrons. The van der Waals surface area contributed by atoms with Crippen LogP contribution in [0.2, 0.25) is 5.02 Å². The van der Waals surface area contributed by atoms with E-state index in [1.54, 1.807) is 4.90 Å². The smallest absolute Gasteiger partial charge is 0.303 e. The van der Waals surface area contributed by atoms with Crippen LogP contribution < -0.4 is 15.6 Å². The summed E-state index contributed by atoms with van der Waals surface area (Å²) >= 11 is 5.76. The molecular formula is C27H27ClF2N4O6. The fourth-order valence-corrected chi connectivity index (χ4v) is 4.60. The molecule has 0 aliphatic carbocycles. The van der Waals surface area contributed by atoms with Gasteiger partial charge in [0.15, 0.2) is 24.0 Å². The number of H-pyrrole nitrogens is 1. The number of amides is 2. The maximum absolute atomic E-state index is 14.7. The molecule has 0 atom stereocenters. The predicted molar refractivity (Wildman–Crippen MR) is 141 cm³/mol. The Labute approximate surface area is 232 Å². The van der Waals surface area contributed by atoms with Gasteiger partial charge in [0.05, 0.1) is 17.1 Å².